The summed E-state index contributed by atoms with van der Waals surface area (Å²) in [5.74, 6) is -0.834. The summed E-state index contributed by atoms with van der Waals surface area (Å²) < 4.78 is 10.7. The van der Waals surface area contributed by atoms with Crippen molar-refractivity contribution in [2.75, 3.05) is 6.61 Å². The largest absolute Gasteiger partial charge is 0.492 e. The van der Waals surface area contributed by atoms with Crippen molar-refractivity contribution < 1.29 is 24.3 Å². The summed E-state index contributed by atoms with van der Waals surface area (Å²) >= 11 is 5.92. The Kier molecular flexibility index (Phi) is 6.94. The zero-order chi connectivity index (χ0) is 18.5. The van der Waals surface area contributed by atoms with Crippen LogP contribution in [-0.4, -0.2) is 34.4 Å². The Bertz CT molecular complexity index is 615. The van der Waals surface area contributed by atoms with E-state index >= 15 is 0 Å². The SMILES string of the molecule is CC(C)(C)OC(O)CCCOc1cc(C(N)=O)cc([N+](=O)[O-])c1Cl. The number of nitrogens with two attached hydrogens (primary N) is 1. The molecule has 0 bridgehead atoms. The Morgan fingerprint density at radius 3 is 2.58 bits per heavy atom. The molecule has 0 saturated carbocycles. The second-order valence-electron chi connectivity index (χ2n) is 6.10. The average Bonchev–Trinajstić information content (AvgIpc) is 2.42. The lowest BCUT2D eigenvalue weighted by molar-refractivity contribution is -0.384. The number of rotatable bonds is 8. The van der Waals surface area contributed by atoms with E-state index in [2.05, 4.69) is 0 Å². The molecule has 0 heterocycles. The zero-order valence-electron chi connectivity index (χ0n) is 13.7. The number of amides is 1. The van der Waals surface area contributed by atoms with Gasteiger partial charge in [-0.25, -0.2) is 0 Å². The molecule has 24 heavy (non-hydrogen) atoms. The van der Waals surface area contributed by atoms with Crippen LogP contribution in [0.2, 0.25) is 5.02 Å². The summed E-state index contributed by atoms with van der Waals surface area (Å²) in [4.78, 5) is 21.5. The number of halogens is 1. The molecule has 1 amide bonds. The molecule has 1 unspecified atom stereocenters. The molecule has 3 N–H and O–H groups in total. The van der Waals surface area contributed by atoms with Crippen LogP contribution in [0.5, 0.6) is 5.75 Å². The number of aliphatic hydroxyl groups excluding tert-OH is 1. The number of aliphatic hydroxyl groups is 1. The minimum absolute atomic E-state index is 0.00843. The third-order valence-corrected chi connectivity index (χ3v) is 3.22. The van der Waals surface area contributed by atoms with Crippen LogP contribution in [0.4, 0.5) is 5.69 Å². The van der Waals surface area contributed by atoms with E-state index in [0.29, 0.717) is 12.8 Å². The second kappa shape index (κ2) is 8.27. The molecule has 0 aliphatic rings. The van der Waals surface area contributed by atoms with E-state index in [4.69, 9.17) is 26.8 Å². The highest BCUT2D eigenvalue weighted by atomic mass is 35.5. The predicted molar refractivity (Wildman–Crippen MR) is 88.2 cm³/mol. The molecule has 9 heteroatoms. The lowest BCUT2D eigenvalue weighted by Gasteiger charge is -2.23. The number of benzene rings is 1. The molecule has 0 radical (unpaired) electrons. The normalized spacial score (nSPS) is 12.7. The Balaban J connectivity index is 2.71. The van der Waals surface area contributed by atoms with Gasteiger partial charge in [0.1, 0.15) is 5.75 Å². The monoisotopic (exact) mass is 360 g/mol. The Morgan fingerprint density at radius 1 is 1.46 bits per heavy atom. The van der Waals surface area contributed by atoms with Crippen molar-refractivity contribution in [2.45, 2.75) is 45.5 Å². The first-order valence-electron chi connectivity index (χ1n) is 7.27. The topological polar surface area (TPSA) is 125 Å². The number of primary amides is 1. The van der Waals surface area contributed by atoms with E-state index in [-0.39, 0.29) is 22.9 Å². The second-order valence-corrected chi connectivity index (χ2v) is 6.48. The van der Waals surface area contributed by atoms with Crippen LogP contribution in [0.25, 0.3) is 0 Å². The van der Waals surface area contributed by atoms with Crippen LogP contribution in [0, 0.1) is 10.1 Å². The van der Waals surface area contributed by atoms with Gasteiger partial charge in [0.25, 0.3) is 5.69 Å². The predicted octanol–water partition coefficient (Wildman–Crippen LogP) is 2.64. The number of ether oxygens (including phenoxy) is 2. The van der Waals surface area contributed by atoms with Gasteiger partial charge in [0.2, 0.25) is 5.91 Å². The highest BCUT2D eigenvalue weighted by Crippen LogP contribution is 2.35. The van der Waals surface area contributed by atoms with Crippen molar-refractivity contribution in [2.24, 2.45) is 5.73 Å². The first-order chi connectivity index (χ1) is 11.0. The van der Waals surface area contributed by atoms with Gasteiger partial charge in [-0.1, -0.05) is 11.6 Å². The first-order valence-corrected chi connectivity index (χ1v) is 7.65. The van der Waals surface area contributed by atoms with Crippen LogP contribution in [-0.2, 0) is 4.74 Å². The summed E-state index contributed by atoms with van der Waals surface area (Å²) in [5, 5.41) is 20.5. The molecule has 8 nitrogen and oxygen atoms in total. The molecule has 1 rings (SSSR count). The lowest BCUT2D eigenvalue weighted by Crippen LogP contribution is -2.27. The molecule has 1 atom stereocenters. The number of nitrogens with zero attached hydrogens (tertiary/aromatic N) is 1. The van der Waals surface area contributed by atoms with Crippen LogP contribution in [0.15, 0.2) is 12.1 Å². The lowest BCUT2D eigenvalue weighted by atomic mass is 10.1. The molecule has 1 aromatic rings. The van der Waals surface area contributed by atoms with Crippen LogP contribution >= 0.6 is 11.6 Å². The van der Waals surface area contributed by atoms with Gasteiger partial charge in [-0.2, -0.15) is 0 Å². The van der Waals surface area contributed by atoms with Gasteiger partial charge in [-0.3, -0.25) is 14.9 Å². The van der Waals surface area contributed by atoms with Gasteiger partial charge in [0, 0.05) is 18.1 Å². The minimum Gasteiger partial charge on any atom is -0.492 e. The maximum absolute atomic E-state index is 11.2. The molecule has 0 spiro atoms. The molecule has 134 valence electrons. The van der Waals surface area contributed by atoms with Crippen LogP contribution in [0.3, 0.4) is 0 Å². The van der Waals surface area contributed by atoms with E-state index in [0.717, 1.165) is 6.07 Å². The third-order valence-electron chi connectivity index (χ3n) is 2.84. The molecule has 0 aliphatic carbocycles. The quantitative estimate of drug-likeness (QED) is 0.317. The van der Waals surface area contributed by atoms with Gasteiger partial charge in [-0.15, -0.1) is 0 Å². The molecule has 1 aromatic carbocycles. The van der Waals surface area contributed by atoms with Gasteiger partial charge in [0.05, 0.1) is 17.1 Å². The molecule has 0 fully saturated rings. The van der Waals surface area contributed by atoms with Crippen molar-refractivity contribution in [1.82, 2.24) is 0 Å². The number of carbonyl (C=O) groups is 1. The van der Waals surface area contributed by atoms with E-state index in [1.165, 1.54) is 6.07 Å². The van der Waals surface area contributed by atoms with Crippen molar-refractivity contribution in [3.63, 3.8) is 0 Å². The van der Waals surface area contributed by atoms with E-state index in [9.17, 15) is 20.0 Å². The molecular weight excluding hydrogens is 340 g/mol. The summed E-state index contributed by atoms with van der Waals surface area (Å²) in [5.41, 5.74) is 4.14. The fourth-order valence-corrected chi connectivity index (χ4v) is 2.10. The van der Waals surface area contributed by atoms with Crippen molar-refractivity contribution in [3.05, 3.63) is 32.8 Å². The standard InChI is InChI=1S/C15H21ClN2O6/c1-15(2,3)24-12(19)5-4-6-23-11-8-9(14(17)20)7-10(13(11)16)18(21)22/h7-8,12,19H,4-6H2,1-3H3,(H2,17,20). The maximum Gasteiger partial charge on any atom is 0.292 e. The van der Waals surface area contributed by atoms with Crippen molar-refractivity contribution in [1.29, 1.82) is 0 Å². The Hall–Kier alpha value is -1.90. The van der Waals surface area contributed by atoms with E-state index < -0.39 is 28.4 Å². The molecular formula is C15H21ClN2O6. The minimum atomic E-state index is -0.949. The summed E-state index contributed by atoms with van der Waals surface area (Å²) in [6.07, 6.45) is -0.218. The van der Waals surface area contributed by atoms with Gasteiger partial charge in [0.15, 0.2) is 11.3 Å². The number of hydrogen-bond donors (Lipinski definition) is 2. The Labute approximate surface area is 144 Å². The molecule has 0 aromatic heterocycles. The van der Waals surface area contributed by atoms with Gasteiger partial charge in [-0.05, 0) is 33.3 Å². The number of hydrogen-bond acceptors (Lipinski definition) is 6. The van der Waals surface area contributed by atoms with E-state index in [1.807, 2.05) is 20.8 Å². The summed E-state index contributed by atoms with van der Waals surface area (Å²) in [6.45, 7) is 5.59. The fraction of sp³-hybridized carbons (Fsp3) is 0.533. The highest BCUT2D eigenvalue weighted by Gasteiger charge is 2.21. The third kappa shape index (κ3) is 6.31. The number of carbonyl (C=O) groups excluding carboxylic acids is 1. The zero-order valence-corrected chi connectivity index (χ0v) is 14.5. The van der Waals surface area contributed by atoms with Crippen molar-refractivity contribution in [3.8, 4) is 5.75 Å². The maximum atomic E-state index is 11.2. The Morgan fingerprint density at radius 2 is 2.08 bits per heavy atom. The average molecular weight is 361 g/mol. The van der Waals surface area contributed by atoms with Crippen LogP contribution < -0.4 is 10.5 Å². The highest BCUT2D eigenvalue weighted by molar-refractivity contribution is 6.34. The van der Waals surface area contributed by atoms with E-state index in [1.54, 1.807) is 0 Å². The number of nitro benzene ring substituents is 1. The molecule has 0 aliphatic heterocycles. The summed E-state index contributed by atoms with van der Waals surface area (Å²) in [6, 6.07) is 2.25. The smallest absolute Gasteiger partial charge is 0.292 e. The van der Waals surface area contributed by atoms with Crippen molar-refractivity contribution >= 4 is 23.2 Å². The first kappa shape index (κ1) is 20.1. The van der Waals surface area contributed by atoms with Crippen LogP contribution in [0.1, 0.15) is 44.0 Å². The number of nitro groups is 1. The van der Waals surface area contributed by atoms with Gasteiger partial charge >= 0.3 is 0 Å². The summed E-state index contributed by atoms with van der Waals surface area (Å²) in [7, 11) is 0. The van der Waals surface area contributed by atoms with Gasteiger partial charge < -0.3 is 20.3 Å². The molecule has 0 saturated heterocycles. The fourth-order valence-electron chi connectivity index (χ4n) is 1.87.